The second-order valence-electron chi connectivity index (χ2n) is 4.28. The molecule has 1 aromatic carbocycles. The molecule has 17 heavy (non-hydrogen) atoms. The zero-order chi connectivity index (χ0) is 12.7. The van der Waals surface area contributed by atoms with Gasteiger partial charge in [0.25, 0.3) is 0 Å². The van der Waals surface area contributed by atoms with Crippen molar-refractivity contribution in [1.29, 1.82) is 0 Å². The molecule has 0 radical (unpaired) electrons. The Hall–Kier alpha value is -0.800. The molecule has 96 valence electrons. The first kappa shape index (κ1) is 14.3. The standard InChI is InChI=1S/C13H19ClFNO/c1-10(2)8-16-9-11-12(14)4-3-5-13(11)17-7-6-15/h3-5,10,16H,6-9H2,1-2H3. The Morgan fingerprint density at radius 2 is 2.18 bits per heavy atom. The minimum atomic E-state index is -0.495. The van der Waals surface area contributed by atoms with Crippen molar-refractivity contribution in [2.45, 2.75) is 20.4 Å². The van der Waals surface area contributed by atoms with Crippen LogP contribution in [0, 0.1) is 5.92 Å². The lowest BCUT2D eigenvalue weighted by molar-refractivity contribution is 0.270. The highest BCUT2D eigenvalue weighted by atomic mass is 35.5. The molecule has 0 aliphatic rings. The van der Waals surface area contributed by atoms with Gasteiger partial charge in [0.05, 0.1) is 0 Å². The fraction of sp³-hybridized carbons (Fsp3) is 0.538. The summed E-state index contributed by atoms with van der Waals surface area (Å²) in [5.74, 6) is 1.24. The predicted octanol–water partition coefficient (Wildman–Crippen LogP) is 3.43. The van der Waals surface area contributed by atoms with E-state index >= 15 is 0 Å². The van der Waals surface area contributed by atoms with Crippen LogP contribution in [0.3, 0.4) is 0 Å². The average Bonchev–Trinajstić information content (AvgIpc) is 2.29. The van der Waals surface area contributed by atoms with Crippen LogP contribution in [-0.2, 0) is 6.54 Å². The van der Waals surface area contributed by atoms with Crippen molar-refractivity contribution in [2.24, 2.45) is 5.92 Å². The molecule has 1 N–H and O–H groups in total. The summed E-state index contributed by atoms with van der Waals surface area (Å²) in [4.78, 5) is 0. The largest absolute Gasteiger partial charge is 0.490 e. The van der Waals surface area contributed by atoms with Crippen molar-refractivity contribution in [3.63, 3.8) is 0 Å². The molecular formula is C13H19ClFNO. The van der Waals surface area contributed by atoms with E-state index in [-0.39, 0.29) is 6.61 Å². The van der Waals surface area contributed by atoms with Crippen LogP contribution in [0.15, 0.2) is 18.2 Å². The van der Waals surface area contributed by atoms with Crippen molar-refractivity contribution in [2.75, 3.05) is 19.8 Å². The number of nitrogens with one attached hydrogen (secondary N) is 1. The van der Waals surface area contributed by atoms with E-state index in [0.717, 1.165) is 12.1 Å². The number of hydrogen-bond donors (Lipinski definition) is 1. The molecule has 0 unspecified atom stereocenters. The van der Waals surface area contributed by atoms with Gasteiger partial charge >= 0.3 is 0 Å². The van der Waals surface area contributed by atoms with E-state index in [1.165, 1.54) is 0 Å². The van der Waals surface area contributed by atoms with Crippen LogP contribution in [0.5, 0.6) is 5.75 Å². The first-order valence-corrected chi connectivity index (χ1v) is 6.19. The third-order valence-electron chi connectivity index (χ3n) is 2.26. The maximum atomic E-state index is 12.1. The van der Waals surface area contributed by atoms with Crippen LogP contribution in [0.2, 0.25) is 5.02 Å². The number of alkyl halides is 1. The van der Waals surface area contributed by atoms with Gasteiger partial charge in [0.2, 0.25) is 0 Å². The van der Waals surface area contributed by atoms with E-state index in [1.54, 1.807) is 0 Å². The summed E-state index contributed by atoms with van der Waals surface area (Å²) in [6, 6.07) is 5.44. The van der Waals surface area contributed by atoms with E-state index < -0.39 is 6.67 Å². The molecule has 0 bridgehead atoms. The summed E-state index contributed by atoms with van der Waals surface area (Å²) >= 11 is 6.11. The van der Waals surface area contributed by atoms with E-state index in [0.29, 0.717) is 23.2 Å². The third kappa shape index (κ3) is 4.92. The van der Waals surface area contributed by atoms with Crippen molar-refractivity contribution in [1.82, 2.24) is 5.32 Å². The molecule has 1 rings (SSSR count). The molecule has 4 heteroatoms. The van der Waals surface area contributed by atoms with Crippen molar-refractivity contribution < 1.29 is 9.13 Å². The molecule has 0 aromatic heterocycles. The number of ether oxygens (including phenoxy) is 1. The van der Waals surface area contributed by atoms with Gasteiger partial charge in [-0.2, -0.15) is 0 Å². The number of hydrogen-bond acceptors (Lipinski definition) is 2. The van der Waals surface area contributed by atoms with Crippen molar-refractivity contribution >= 4 is 11.6 Å². The van der Waals surface area contributed by atoms with Gasteiger partial charge in [-0.1, -0.05) is 31.5 Å². The molecular weight excluding hydrogens is 241 g/mol. The van der Waals surface area contributed by atoms with Gasteiger partial charge in [-0.15, -0.1) is 0 Å². The highest BCUT2D eigenvalue weighted by Gasteiger charge is 2.08. The molecule has 0 saturated heterocycles. The monoisotopic (exact) mass is 259 g/mol. The molecule has 2 nitrogen and oxygen atoms in total. The third-order valence-corrected chi connectivity index (χ3v) is 2.62. The predicted molar refractivity (Wildman–Crippen MR) is 69.5 cm³/mol. The first-order valence-electron chi connectivity index (χ1n) is 5.82. The Balaban J connectivity index is 2.66. The summed E-state index contributed by atoms with van der Waals surface area (Å²) in [6.07, 6.45) is 0. The minimum Gasteiger partial charge on any atom is -0.490 e. The van der Waals surface area contributed by atoms with Crippen LogP contribution in [0.1, 0.15) is 19.4 Å². The number of halogens is 2. The topological polar surface area (TPSA) is 21.3 Å². The fourth-order valence-corrected chi connectivity index (χ4v) is 1.71. The minimum absolute atomic E-state index is 0.0670. The Bertz CT molecular complexity index is 344. The summed E-state index contributed by atoms with van der Waals surface area (Å²) in [5.41, 5.74) is 0.892. The smallest absolute Gasteiger partial charge is 0.125 e. The van der Waals surface area contributed by atoms with E-state index in [2.05, 4.69) is 19.2 Å². The van der Waals surface area contributed by atoms with Gasteiger partial charge in [0, 0.05) is 17.1 Å². The molecule has 0 heterocycles. The Morgan fingerprint density at radius 3 is 2.82 bits per heavy atom. The lowest BCUT2D eigenvalue weighted by Gasteiger charge is -2.13. The maximum Gasteiger partial charge on any atom is 0.125 e. The molecule has 0 saturated carbocycles. The Morgan fingerprint density at radius 1 is 1.41 bits per heavy atom. The summed E-state index contributed by atoms with van der Waals surface area (Å²) < 4.78 is 17.4. The van der Waals surface area contributed by atoms with Crippen LogP contribution < -0.4 is 10.1 Å². The van der Waals surface area contributed by atoms with E-state index in [9.17, 15) is 4.39 Å². The van der Waals surface area contributed by atoms with Crippen LogP contribution >= 0.6 is 11.6 Å². The second kappa shape index (κ2) is 7.51. The van der Waals surface area contributed by atoms with Gasteiger partial charge < -0.3 is 10.1 Å². The van der Waals surface area contributed by atoms with E-state index in [1.807, 2.05) is 18.2 Å². The number of benzene rings is 1. The van der Waals surface area contributed by atoms with Gasteiger partial charge in [-0.25, -0.2) is 4.39 Å². The highest BCUT2D eigenvalue weighted by Crippen LogP contribution is 2.26. The van der Waals surface area contributed by atoms with Crippen LogP contribution in [-0.4, -0.2) is 19.8 Å². The normalized spacial score (nSPS) is 10.9. The molecule has 0 aliphatic heterocycles. The Labute approximate surface area is 107 Å². The molecule has 1 aromatic rings. The fourth-order valence-electron chi connectivity index (χ4n) is 1.48. The lowest BCUT2D eigenvalue weighted by Crippen LogP contribution is -2.19. The summed E-state index contributed by atoms with van der Waals surface area (Å²) in [7, 11) is 0. The van der Waals surface area contributed by atoms with Gasteiger partial charge in [-0.05, 0) is 24.6 Å². The van der Waals surface area contributed by atoms with Crippen LogP contribution in [0.4, 0.5) is 4.39 Å². The van der Waals surface area contributed by atoms with Crippen LogP contribution in [0.25, 0.3) is 0 Å². The van der Waals surface area contributed by atoms with Crippen molar-refractivity contribution in [3.05, 3.63) is 28.8 Å². The molecule has 0 aliphatic carbocycles. The van der Waals surface area contributed by atoms with Gasteiger partial charge in [-0.3, -0.25) is 0 Å². The average molecular weight is 260 g/mol. The molecule has 0 amide bonds. The summed E-state index contributed by atoms with van der Waals surface area (Å²) in [5, 5.41) is 3.95. The summed E-state index contributed by atoms with van der Waals surface area (Å²) in [6.45, 7) is 5.40. The quantitative estimate of drug-likeness (QED) is 0.810. The zero-order valence-electron chi connectivity index (χ0n) is 10.3. The van der Waals surface area contributed by atoms with Gasteiger partial charge in [0.15, 0.2) is 0 Å². The molecule has 0 atom stereocenters. The SMILES string of the molecule is CC(C)CNCc1c(Cl)cccc1OCCF. The van der Waals surface area contributed by atoms with Crippen molar-refractivity contribution in [3.8, 4) is 5.75 Å². The molecule has 0 fully saturated rings. The van der Waals surface area contributed by atoms with E-state index in [4.69, 9.17) is 16.3 Å². The molecule has 0 spiro atoms. The zero-order valence-corrected chi connectivity index (χ0v) is 11.1. The number of rotatable bonds is 7. The Kier molecular flexibility index (Phi) is 6.30. The lowest BCUT2D eigenvalue weighted by atomic mass is 10.1. The first-order chi connectivity index (χ1) is 8.15. The highest BCUT2D eigenvalue weighted by molar-refractivity contribution is 6.31. The van der Waals surface area contributed by atoms with Gasteiger partial charge in [0.1, 0.15) is 19.0 Å². The second-order valence-corrected chi connectivity index (χ2v) is 4.69. The maximum absolute atomic E-state index is 12.1.